The minimum Gasteiger partial charge on any atom is -0.458 e. The third-order valence-electron chi connectivity index (χ3n) is 9.06. The maximum atomic E-state index is 12.9. The maximum absolute atomic E-state index is 12.9. The molecule has 0 aliphatic heterocycles. The van der Waals surface area contributed by atoms with Gasteiger partial charge in [0.05, 0.1) is 6.10 Å². The van der Waals surface area contributed by atoms with Gasteiger partial charge in [-0.2, -0.15) is 0 Å². The summed E-state index contributed by atoms with van der Waals surface area (Å²) >= 11 is 0. The summed E-state index contributed by atoms with van der Waals surface area (Å²) in [6.45, 7) is 12.3. The fraction of sp³-hybridized carbons (Fsp3) is 0.487. The van der Waals surface area contributed by atoms with Gasteiger partial charge in [-0.3, -0.25) is 24.0 Å². The smallest absolute Gasteiger partial charge is 0.331 e. The molecule has 13 heteroatoms. The predicted octanol–water partition coefficient (Wildman–Crippen LogP) is 4.86. The Kier molecular flexibility index (Phi) is 14.3. The topological polar surface area (TPSA) is 178 Å². The van der Waals surface area contributed by atoms with Crippen LogP contribution in [0.5, 0.6) is 0 Å². The molecule has 6 atom stereocenters. The monoisotopic (exact) mass is 724 g/mol. The van der Waals surface area contributed by atoms with Gasteiger partial charge in [0.1, 0.15) is 24.9 Å². The average Bonchev–Trinajstić information content (AvgIpc) is 3.03. The minimum atomic E-state index is -1.49. The average molecular weight is 725 g/mol. The van der Waals surface area contributed by atoms with Crippen molar-refractivity contribution in [1.82, 2.24) is 0 Å². The Labute approximate surface area is 303 Å². The number of esters is 6. The van der Waals surface area contributed by atoms with E-state index in [4.69, 9.17) is 28.4 Å². The van der Waals surface area contributed by atoms with E-state index in [1.165, 1.54) is 39.8 Å². The Bertz CT molecular complexity index is 1660. The Hall–Kier alpha value is -5.04. The van der Waals surface area contributed by atoms with Gasteiger partial charge in [-0.1, -0.05) is 44.2 Å². The van der Waals surface area contributed by atoms with Crippen LogP contribution in [0.25, 0.3) is 6.08 Å². The molecular weight excluding hydrogens is 676 g/mol. The Morgan fingerprint density at radius 2 is 1.33 bits per heavy atom. The molecular formula is C39H48O13. The highest BCUT2D eigenvalue weighted by atomic mass is 16.6. The van der Waals surface area contributed by atoms with Crippen molar-refractivity contribution in [3.63, 3.8) is 0 Å². The van der Waals surface area contributed by atoms with E-state index in [0.29, 0.717) is 11.1 Å². The van der Waals surface area contributed by atoms with Crippen LogP contribution >= 0.6 is 0 Å². The van der Waals surface area contributed by atoms with Gasteiger partial charge in [-0.05, 0) is 60.1 Å². The predicted molar refractivity (Wildman–Crippen MR) is 186 cm³/mol. The zero-order valence-electron chi connectivity index (χ0n) is 31.1. The molecule has 0 heterocycles. The zero-order valence-corrected chi connectivity index (χ0v) is 31.1. The fourth-order valence-electron chi connectivity index (χ4n) is 6.76. The second-order valence-electron chi connectivity index (χ2n) is 13.4. The molecule has 2 bridgehead atoms. The number of carbonyl (C=O) groups excluding carboxylic acids is 6. The van der Waals surface area contributed by atoms with E-state index < -0.39 is 84.3 Å². The van der Waals surface area contributed by atoms with Crippen molar-refractivity contribution in [1.29, 1.82) is 0 Å². The summed E-state index contributed by atoms with van der Waals surface area (Å²) in [5.74, 6) is -5.19. The minimum absolute atomic E-state index is 0.108. The summed E-state index contributed by atoms with van der Waals surface area (Å²) in [6, 6.07) is 9.05. The number of aliphatic hydroxyl groups excluding tert-OH is 1. The first-order chi connectivity index (χ1) is 24.3. The molecule has 0 fully saturated rings. The van der Waals surface area contributed by atoms with Crippen molar-refractivity contribution in [2.45, 2.75) is 106 Å². The molecule has 3 rings (SSSR count). The molecule has 2 aliphatic carbocycles. The molecule has 0 saturated heterocycles. The van der Waals surface area contributed by atoms with Gasteiger partial charge in [0.2, 0.25) is 0 Å². The maximum Gasteiger partial charge on any atom is 0.331 e. The number of hydrogen-bond donors (Lipinski definition) is 1. The fourth-order valence-corrected chi connectivity index (χ4v) is 6.76. The van der Waals surface area contributed by atoms with Gasteiger partial charge >= 0.3 is 35.8 Å². The van der Waals surface area contributed by atoms with Crippen LogP contribution in [0.2, 0.25) is 0 Å². The number of fused-ring (bicyclic) bond motifs is 2. The Morgan fingerprint density at radius 3 is 1.87 bits per heavy atom. The highest BCUT2D eigenvalue weighted by molar-refractivity contribution is 5.87. The van der Waals surface area contributed by atoms with Crippen LogP contribution in [-0.2, 0) is 57.2 Å². The highest BCUT2D eigenvalue weighted by Crippen LogP contribution is 2.51. The Morgan fingerprint density at radius 1 is 0.769 bits per heavy atom. The molecule has 52 heavy (non-hydrogen) atoms. The molecule has 0 radical (unpaired) electrons. The largest absolute Gasteiger partial charge is 0.458 e. The lowest BCUT2D eigenvalue weighted by Gasteiger charge is -2.48. The van der Waals surface area contributed by atoms with Crippen LogP contribution in [0, 0.1) is 11.3 Å². The molecule has 0 saturated carbocycles. The molecule has 0 spiro atoms. The van der Waals surface area contributed by atoms with Gasteiger partial charge in [-0.15, -0.1) is 0 Å². The zero-order chi connectivity index (χ0) is 38.9. The van der Waals surface area contributed by atoms with Crippen LogP contribution in [0.15, 0.2) is 70.5 Å². The molecule has 0 unspecified atom stereocenters. The lowest BCUT2D eigenvalue weighted by molar-refractivity contribution is -0.156. The van der Waals surface area contributed by atoms with E-state index in [0.717, 1.165) is 19.4 Å². The van der Waals surface area contributed by atoms with E-state index in [1.807, 2.05) is 32.0 Å². The summed E-state index contributed by atoms with van der Waals surface area (Å²) in [7, 11) is 0. The van der Waals surface area contributed by atoms with Crippen molar-refractivity contribution in [3.8, 4) is 0 Å². The van der Waals surface area contributed by atoms with Gasteiger partial charge in [0, 0.05) is 58.6 Å². The molecule has 0 aromatic heterocycles. The normalized spacial score (nSPS) is 27.2. The van der Waals surface area contributed by atoms with Crippen LogP contribution in [-0.4, -0.2) is 78.0 Å². The summed E-state index contributed by atoms with van der Waals surface area (Å²) in [4.78, 5) is 75.7. The second kappa shape index (κ2) is 17.9. The molecule has 0 amide bonds. The lowest BCUT2D eigenvalue weighted by atomic mass is 9.60. The first kappa shape index (κ1) is 41.4. The molecule has 282 valence electrons. The second-order valence-corrected chi connectivity index (χ2v) is 13.4. The van der Waals surface area contributed by atoms with E-state index in [2.05, 4.69) is 0 Å². The third-order valence-corrected chi connectivity index (χ3v) is 9.06. The molecule has 13 nitrogen and oxygen atoms in total. The van der Waals surface area contributed by atoms with Crippen molar-refractivity contribution < 1.29 is 62.3 Å². The number of benzene rings is 1. The SMILES string of the molecule is CC(=O)O/C1=C(/C)[C@@H](OC(C)=O)C[C@H](O)/C(COC(=O)/C=C/c2ccccc2)=C/[C@H](OC(C)=O)[C@@H]2C[C@H](OC(C)=O)C(C)=C([C@H]1OC(C)=O)C2(C)C. The quantitative estimate of drug-likeness (QED) is 0.158. The molecule has 2 aliphatic rings. The first-order valence-corrected chi connectivity index (χ1v) is 16.9. The summed E-state index contributed by atoms with van der Waals surface area (Å²) < 4.78 is 34.5. The number of aliphatic hydroxyl groups is 1. The summed E-state index contributed by atoms with van der Waals surface area (Å²) in [6.07, 6.45) is -2.16. The van der Waals surface area contributed by atoms with Gasteiger partial charge in [0.25, 0.3) is 0 Å². The molecule has 1 N–H and O–H groups in total. The first-order valence-electron chi connectivity index (χ1n) is 16.9. The number of hydrogen-bond acceptors (Lipinski definition) is 13. The van der Waals surface area contributed by atoms with E-state index in [9.17, 15) is 33.9 Å². The van der Waals surface area contributed by atoms with Gasteiger partial charge in [0.15, 0.2) is 11.9 Å². The highest BCUT2D eigenvalue weighted by Gasteiger charge is 2.51. The van der Waals surface area contributed by atoms with Crippen molar-refractivity contribution in [2.75, 3.05) is 6.61 Å². The van der Waals surface area contributed by atoms with Gasteiger partial charge in [-0.25, -0.2) is 4.79 Å². The van der Waals surface area contributed by atoms with E-state index in [-0.39, 0.29) is 29.7 Å². The van der Waals surface area contributed by atoms with Crippen molar-refractivity contribution in [2.24, 2.45) is 11.3 Å². The Balaban J connectivity index is 2.36. The van der Waals surface area contributed by atoms with Crippen molar-refractivity contribution >= 4 is 41.9 Å². The van der Waals surface area contributed by atoms with Crippen LogP contribution in [0.4, 0.5) is 0 Å². The van der Waals surface area contributed by atoms with Gasteiger partial charge < -0.3 is 33.5 Å². The number of rotatable bonds is 9. The summed E-state index contributed by atoms with van der Waals surface area (Å²) in [5.41, 5.74) is 0.792. The lowest BCUT2D eigenvalue weighted by Crippen LogP contribution is -2.49. The van der Waals surface area contributed by atoms with Crippen LogP contribution < -0.4 is 0 Å². The number of carbonyl (C=O) groups is 6. The standard InChI is InChI=1S/C39H48O13/c1-21-32(48-23(3)40)18-30-34(50-25(5)42)17-29(20-47-35(46)16-15-28-13-11-10-12-14-28)31(45)19-33(49-24(4)41)22(2)37(51-26(6)43)38(52-27(7)44)36(21)39(30,8)9/h10-17,30-34,38,45H,18-20H2,1-9H3/b16-15+,29-17+,37-22-/t30-,31-,32-,33-,34-,38+/m0/s1. The number of ether oxygens (including phenoxy) is 6. The molecule has 1 aromatic carbocycles. The van der Waals surface area contributed by atoms with Crippen molar-refractivity contribution in [3.05, 3.63) is 76.1 Å². The van der Waals surface area contributed by atoms with Crippen LogP contribution in [0.1, 0.15) is 80.7 Å². The van der Waals surface area contributed by atoms with E-state index >= 15 is 0 Å². The molecule has 1 aromatic rings. The van der Waals surface area contributed by atoms with Crippen LogP contribution in [0.3, 0.4) is 0 Å². The third kappa shape index (κ3) is 11.0. The van der Waals surface area contributed by atoms with E-state index in [1.54, 1.807) is 25.1 Å². The summed E-state index contributed by atoms with van der Waals surface area (Å²) in [5, 5.41) is 11.8.